The molecule has 112 valence electrons. The summed E-state index contributed by atoms with van der Waals surface area (Å²) in [7, 11) is 0. The van der Waals surface area contributed by atoms with Crippen LogP contribution in [-0.2, 0) is 6.42 Å². The van der Waals surface area contributed by atoms with Crippen LogP contribution in [0.2, 0.25) is 5.15 Å². The minimum atomic E-state index is 0.516. The third-order valence-corrected chi connectivity index (χ3v) is 3.85. The van der Waals surface area contributed by atoms with Gasteiger partial charge in [-0.15, -0.1) is 0 Å². The normalized spacial score (nSPS) is 10.9. The van der Waals surface area contributed by atoms with Crippen LogP contribution in [-0.4, -0.2) is 14.5 Å². The molecule has 0 fully saturated rings. The summed E-state index contributed by atoms with van der Waals surface area (Å²) in [6.07, 6.45) is 0.675. The van der Waals surface area contributed by atoms with Gasteiger partial charge < -0.3 is 4.57 Å². The molecule has 0 saturated carbocycles. The zero-order chi connectivity index (χ0) is 15.7. The van der Waals surface area contributed by atoms with Crippen molar-refractivity contribution < 1.29 is 0 Å². The Morgan fingerprint density at radius 2 is 1.64 bits per heavy atom. The minimum absolute atomic E-state index is 0.516. The molecule has 0 atom stereocenters. The summed E-state index contributed by atoms with van der Waals surface area (Å²) >= 11 is 5.96. The van der Waals surface area contributed by atoms with E-state index >= 15 is 0 Å². The molecule has 3 aromatic rings. The van der Waals surface area contributed by atoms with Gasteiger partial charge in [-0.3, -0.25) is 0 Å². The summed E-state index contributed by atoms with van der Waals surface area (Å²) in [5, 5.41) is 0.516. The maximum Gasteiger partial charge on any atom is 0.137 e. The molecule has 0 aliphatic rings. The summed E-state index contributed by atoms with van der Waals surface area (Å²) in [6, 6.07) is 14.1. The van der Waals surface area contributed by atoms with E-state index in [1.54, 1.807) is 6.07 Å². The lowest BCUT2D eigenvalue weighted by molar-refractivity contribution is 0.892. The van der Waals surface area contributed by atoms with Crippen LogP contribution < -0.4 is 0 Å². The van der Waals surface area contributed by atoms with Crippen molar-refractivity contribution >= 4 is 11.6 Å². The molecular weight excluding hydrogens is 294 g/mol. The number of aromatic nitrogens is 3. The van der Waals surface area contributed by atoms with E-state index in [0.717, 1.165) is 17.2 Å². The molecule has 0 saturated heterocycles. The molecule has 0 spiro atoms. The van der Waals surface area contributed by atoms with E-state index in [4.69, 9.17) is 16.6 Å². The maximum absolute atomic E-state index is 5.96. The molecule has 4 heteroatoms. The van der Waals surface area contributed by atoms with Crippen LogP contribution in [0.4, 0.5) is 0 Å². The first kappa shape index (κ1) is 14.8. The molecule has 0 unspecified atom stereocenters. The summed E-state index contributed by atoms with van der Waals surface area (Å²) in [5.41, 5.74) is 5.48. The van der Waals surface area contributed by atoms with Gasteiger partial charge in [0.15, 0.2) is 0 Å². The van der Waals surface area contributed by atoms with Gasteiger partial charge in [-0.25, -0.2) is 9.97 Å². The van der Waals surface area contributed by atoms with E-state index in [2.05, 4.69) is 54.6 Å². The molecule has 0 aliphatic heterocycles. The number of halogens is 1. The van der Waals surface area contributed by atoms with Crippen molar-refractivity contribution in [3.63, 3.8) is 0 Å². The van der Waals surface area contributed by atoms with Gasteiger partial charge in [0.2, 0.25) is 0 Å². The lowest BCUT2D eigenvalue weighted by atomic mass is 10.1. The SMILES string of the molecule is Cc1cc(Cc2cccc(Cl)n2)nc(-n2c(C)ccc2C)c1. The molecule has 0 aromatic carbocycles. The van der Waals surface area contributed by atoms with E-state index in [-0.39, 0.29) is 0 Å². The van der Waals surface area contributed by atoms with Gasteiger partial charge >= 0.3 is 0 Å². The predicted octanol–water partition coefficient (Wildman–Crippen LogP) is 4.44. The third kappa shape index (κ3) is 3.04. The Morgan fingerprint density at radius 3 is 2.32 bits per heavy atom. The topological polar surface area (TPSA) is 30.7 Å². The van der Waals surface area contributed by atoms with Gasteiger partial charge in [-0.05, 0) is 62.7 Å². The van der Waals surface area contributed by atoms with Gasteiger partial charge in [-0.2, -0.15) is 0 Å². The van der Waals surface area contributed by atoms with Crippen LogP contribution in [0.5, 0.6) is 0 Å². The second kappa shape index (κ2) is 5.93. The molecule has 0 bridgehead atoms. The Kier molecular flexibility index (Phi) is 3.99. The van der Waals surface area contributed by atoms with Crippen LogP contribution in [0, 0.1) is 20.8 Å². The zero-order valence-corrected chi connectivity index (χ0v) is 13.7. The standard InChI is InChI=1S/C18H18ClN3/c1-12-9-16(11-15-5-4-6-17(19)20-15)21-18(10-12)22-13(2)7-8-14(22)3/h4-10H,11H2,1-3H3. The van der Waals surface area contributed by atoms with E-state index < -0.39 is 0 Å². The third-order valence-electron chi connectivity index (χ3n) is 3.64. The van der Waals surface area contributed by atoms with Gasteiger partial charge in [0.1, 0.15) is 11.0 Å². The number of rotatable bonds is 3. The first-order valence-corrected chi connectivity index (χ1v) is 7.65. The Morgan fingerprint density at radius 1 is 0.909 bits per heavy atom. The Labute approximate surface area is 135 Å². The molecular formula is C18H18ClN3. The van der Waals surface area contributed by atoms with E-state index in [1.165, 1.54) is 17.0 Å². The van der Waals surface area contributed by atoms with Gasteiger partial charge in [-0.1, -0.05) is 17.7 Å². The Hall–Kier alpha value is -2.13. The summed E-state index contributed by atoms with van der Waals surface area (Å²) in [5.74, 6) is 0.956. The molecule has 3 aromatic heterocycles. The van der Waals surface area contributed by atoms with Crippen molar-refractivity contribution in [2.45, 2.75) is 27.2 Å². The maximum atomic E-state index is 5.96. The fourth-order valence-electron chi connectivity index (χ4n) is 2.69. The average molecular weight is 312 g/mol. The highest BCUT2D eigenvalue weighted by Crippen LogP contribution is 2.18. The summed E-state index contributed by atoms with van der Waals surface area (Å²) in [4.78, 5) is 9.15. The zero-order valence-electron chi connectivity index (χ0n) is 13.0. The largest absolute Gasteiger partial charge is 0.303 e. The van der Waals surface area contributed by atoms with Crippen molar-refractivity contribution in [3.05, 3.63) is 76.0 Å². The number of pyridine rings is 2. The van der Waals surface area contributed by atoms with E-state index in [1.807, 2.05) is 12.1 Å². The highest BCUT2D eigenvalue weighted by Gasteiger charge is 2.08. The highest BCUT2D eigenvalue weighted by molar-refractivity contribution is 6.29. The van der Waals surface area contributed by atoms with Gasteiger partial charge in [0.05, 0.1) is 0 Å². The van der Waals surface area contributed by atoms with Crippen molar-refractivity contribution in [1.29, 1.82) is 0 Å². The number of hydrogen-bond acceptors (Lipinski definition) is 2. The smallest absolute Gasteiger partial charge is 0.137 e. The van der Waals surface area contributed by atoms with E-state index in [9.17, 15) is 0 Å². The number of nitrogens with zero attached hydrogens (tertiary/aromatic N) is 3. The molecule has 0 radical (unpaired) electrons. The van der Waals surface area contributed by atoms with Crippen LogP contribution in [0.15, 0.2) is 42.5 Å². The second-order valence-electron chi connectivity index (χ2n) is 5.57. The number of aryl methyl sites for hydroxylation is 3. The van der Waals surface area contributed by atoms with Crippen molar-refractivity contribution in [2.75, 3.05) is 0 Å². The predicted molar refractivity (Wildman–Crippen MR) is 89.8 cm³/mol. The van der Waals surface area contributed by atoms with Gasteiger partial charge in [0.25, 0.3) is 0 Å². The molecule has 3 heterocycles. The molecule has 0 aliphatic carbocycles. The summed E-state index contributed by atoms with van der Waals surface area (Å²) < 4.78 is 2.17. The number of hydrogen-bond donors (Lipinski definition) is 0. The molecule has 0 amide bonds. The first-order chi connectivity index (χ1) is 10.5. The first-order valence-electron chi connectivity index (χ1n) is 7.27. The highest BCUT2D eigenvalue weighted by atomic mass is 35.5. The minimum Gasteiger partial charge on any atom is -0.303 e. The fourth-order valence-corrected chi connectivity index (χ4v) is 2.87. The van der Waals surface area contributed by atoms with Crippen molar-refractivity contribution in [1.82, 2.24) is 14.5 Å². The van der Waals surface area contributed by atoms with Crippen molar-refractivity contribution in [3.8, 4) is 5.82 Å². The Balaban J connectivity index is 2.00. The molecule has 22 heavy (non-hydrogen) atoms. The van der Waals surface area contributed by atoms with Gasteiger partial charge in [0, 0.05) is 29.2 Å². The lowest BCUT2D eigenvalue weighted by Gasteiger charge is -2.11. The Bertz CT molecular complexity index is 801. The fraction of sp³-hybridized carbons (Fsp3) is 0.222. The molecule has 0 N–H and O–H groups in total. The van der Waals surface area contributed by atoms with Crippen LogP contribution in [0.3, 0.4) is 0 Å². The second-order valence-corrected chi connectivity index (χ2v) is 5.96. The van der Waals surface area contributed by atoms with Crippen molar-refractivity contribution in [2.24, 2.45) is 0 Å². The lowest BCUT2D eigenvalue weighted by Crippen LogP contribution is -2.05. The van der Waals surface area contributed by atoms with E-state index in [0.29, 0.717) is 11.6 Å². The average Bonchev–Trinajstić information content (AvgIpc) is 2.77. The quantitative estimate of drug-likeness (QED) is 0.670. The monoisotopic (exact) mass is 311 g/mol. The summed E-state index contributed by atoms with van der Waals surface area (Å²) in [6.45, 7) is 6.28. The molecule has 3 rings (SSSR count). The molecule has 3 nitrogen and oxygen atoms in total. The van der Waals surface area contributed by atoms with Crippen LogP contribution in [0.25, 0.3) is 5.82 Å². The van der Waals surface area contributed by atoms with Crippen LogP contribution >= 0.6 is 11.6 Å². The van der Waals surface area contributed by atoms with Crippen LogP contribution in [0.1, 0.15) is 28.3 Å².